The van der Waals surface area contributed by atoms with E-state index < -0.39 is 26.3 Å². The Morgan fingerprint density at radius 1 is 1.18 bits per heavy atom. The van der Waals surface area contributed by atoms with Gasteiger partial charge in [0.05, 0.1) is 0 Å². The van der Waals surface area contributed by atoms with Crippen molar-refractivity contribution in [3.8, 4) is 0 Å². The molecule has 0 aromatic heterocycles. The topological polar surface area (TPSA) is 74.3 Å². The van der Waals surface area contributed by atoms with Crippen molar-refractivity contribution < 1.29 is 17.8 Å². The Morgan fingerprint density at radius 3 is 2.27 bits per heavy atom. The fraction of sp³-hybridized carbons (Fsp3) is 0.133. The Kier molecular flexibility index (Phi) is 4.97. The number of carbonyl (C=O) groups excluding carboxylic acids is 1. The van der Waals surface area contributed by atoms with Gasteiger partial charge in [-0.3, -0.25) is 4.79 Å². The number of aryl methyl sites for hydroxylation is 1. The number of hydrogen-bond donors (Lipinski definition) is 0. The second kappa shape index (κ2) is 6.42. The number of halogens is 1. The van der Waals surface area contributed by atoms with Gasteiger partial charge in [0.2, 0.25) is 0 Å². The largest absolute Gasteiger partial charge is 0.606 e. The van der Waals surface area contributed by atoms with Crippen molar-refractivity contribution in [2.45, 2.75) is 21.6 Å². The first kappa shape index (κ1) is 17.0. The molecule has 116 valence electrons. The lowest BCUT2D eigenvalue weighted by Crippen LogP contribution is -2.11. The maximum absolute atomic E-state index is 12.7. The van der Waals surface area contributed by atoms with Gasteiger partial charge in [-0.1, -0.05) is 18.2 Å². The van der Waals surface area contributed by atoms with E-state index in [9.17, 15) is 17.8 Å². The van der Waals surface area contributed by atoms with E-state index in [4.69, 9.17) is 11.6 Å². The summed E-state index contributed by atoms with van der Waals surface area (Å²) in [4.78, 5) is 11.9. The highest BCUT2D eigenvalue weighted by atomic mass is 35.5. The molecule has 2 aromatic carbocycles. The van der Waals surface area contributed by atoms with Gasteiger partial charge in [0.1, 0.15) is 4.90 Å². The summed E-state index contributed by atoms with van der Waals surface area (Å²) in [5.41, 5.74) is 0.572. The monoisotopic (exact) mass is 356 g/mol. The van der Waals surface area contributed by atoms with Crippen LogP contribution in [0.5, 0.6) is 0 Å². The molecule has 0 spiro atoms. The van der Waals surface area contributed by atoms with Gasteiger partial charge in [0.15, 0.2) is 19.6 Å². The van der Waals surface area contributed by atoms with Crippen LogP contribution in [0.3, 0.4) is 0 Å². The van der Waals surface area contributed by atoms with E-state index in [0.29, 0.717) is 10.5 Å². The molecule has 22 heavy (non-hydrogen) atoms. The predicted octanol–water partition coefficient (Wildman–Crippen LogP) is 2.94. The Labute approximate surface area is 137 Å². The summed E-state index contributed by atoms with van der Waals surface area (Å²) in [5, 5.41) is -0.751. The number of carbonyl (C=O) groups is 1. The van der Waals surface area contributed by atoms with Gasteiger partial charge in [-0.2, -0.15) is 0 Å². The first-order valence-electron chi connectivity index (χ1n) is 6.23. The molecule has 0 saturated heterocycles. The number of sulfone groups is 1. The molecule has 2 aromatic rings. The SMILES string of the molecule is Cc1cc([S+]([O-])c2ccccc2)c(S(C)(=O)=O)cc1C(=O)Cl. The highest BCUT2D eigenvalue weighted by molar-refractivity contribution is 7.94. The molecule has 0 amide bonds. The zero-order valence-electron chi connectivity index (χ0n) is 11.9. The molecule has 0 bridgehead atoms. The van der Waals surface area contributed by atoms with E-state index >= 15 is 0 Å². The average molecular weight is 357 g/mol. The van der Waals surface area contributed by atoms with Crippen molar-refractivity contribution in [1.82, 2.24) is 0 Å². The van der Waals surface area contributed by atoms with Crippen LogP contribution in [0, 0.1) is 6.92 Å². The van der Waals surface area contributed by atoms with Crippen molar-refractivity contribution in [2.24, 2.45) is 0 Å². The van der Waals surface area contributed by atoms with Gasteiger partial charge >= 0.3 is 0 Å². The summed E-state index contributed by atoms with van der Waals surface area (Å²) in [6, 6.07) is 11.1. The standard InChI is InChI=1S/C15H13ClO4S2/c1-10-8-13(21(18)11-6-4-3-5-7-11)14(22(2,19)20)9-12(10)15(16)17/h3-9H,1-2H3. The third-order valence-electron chi connectivity index (χ3n) is 3.06. The number of hydrogen-bond acceptors (Lipinski definition) is 4. The molecule has 0 heterocycles. The number of rotatable bonds is 4. The Morgan fingerprint density at radius 2 is 1.77 bits per heavy atom. The van der Waals surface area contributed by atoms with E-state index in [0.717, 1.165) is 6.26 Å². The molecule has 0 aliphatic heterocycles. The molecule has 7 heteroatoms. The highest BCUT2D eigenvalue weighted by Gasteiger charge is 2.27. The van der Waals surface area contributed by atoms with Gasteiger partial charge in [-0.05, 0) is 48.4 Å². The fourth-order valence-corrected chi connectivity index (χ4v) is 4.80. The van der Waals surface area contributed by atoms with Gasteiger partial charge in [0.25, 0.3) is 5.24 Å². The molecule has 0 fully saturated rings. The Balaban J connectivity index is 2.70. The summed E-state index contributed by atoms with van der Waals surface area (Å²) < 4.78 is 36.6. The minimum absolute atomic E-state index is 0.0934. The van der Waals surface area contributed by atoms with Crippen molar-refractivity contribution in [1.29, 1.82) is 0 Å². The molecular formula is C15H13ClO4S2. The lowest BCUT2D eigenvalue weighted by atomic mass is 10.1. The van der Waals surface area contributed by atoms with Crippen LogP contribution < -0.4 is 0 Å². The molecule has 1 atom stereocenters. The second-order valence-electron chi connectivity index (χ2n) is 4.74. The van der Waals surface area contributed by atoms with Crippen molar-refractivity contribution in [3.63, 3.8) is 0 Å². The lowest BCUT2D eigenvalue weighted by molar-refractivity contribution is 0.108. The third-order valence-corrected chi connectivity index (χ3v) is 5.97. The summed E-state index contributed by atoms with van der Waals surface area (Å²) in [6.07, 6.45) is 1.01. The first-order chi connectivity index (χ1) is 10.2. The van der Waals surface area contributed by atoms with E-state index in [1.165, 1.54) is 12.1 Å². The van der Waals surface area contributed by atoms with Crippen molar-refractivity contribution >= 4 is 37.9 Å². The molecule has 0 saturated carbocycles. The normalized spacial score (nSPS) is 12.9. The molecular weight excluding hydrogens is 344 g/mol. The van der Waals surface area contributed by atoms with Crippen LogP contribution in [0.25, 0.3) is 0 Å². The quantitative estimate of drug-likeness (QED) is 0.623. The number of benzene rings is 2. The van der Waals surface area contributed by atoms with Crippen LogP contribution in [0.4, 0.5) is 0 Å². The van der Waals surface area contributed by atoms with Crippen molar-refractivity contribution in [2.75, 3.05) is 6.26 Å². The van der Waals surface area contributed by atoms with E-state index in [2.05, 4.69) is 0 Å². The molecule has 0 aliphatic rings. The van der Waals surface area contributed by atoms with Crippen LogP contribution in [-0.2, 0) is 21.0 Å². The zero-order chi connectivity index (χ0) is 16.5. The Hall–Kier alpha value is -1.34. The molecule has 1 unspecified atom stereocenters. The van der Waals surface area contributed by atoms with Gasteiger partial charge in [-0.25, -0.2) is 8.42 Å². The Bertz CT molecular complexity index is 817. The molecule has 4 nitrogen and oxygen atoms in total. The smallest absolute Gasteiger partial charge is 0.252 e. The first-order valence-corrected chi connectivity index (χ1v) is 9.65. The predicted molar refractivity (Wildman–Crippen MR) is 85.6 cm³/mol. The zero-order valence-corrected chi connectivity index (χ0v) is 14.3. The second-order valence-corrected chi connectivity index (χ2v) is 8.52. The van der Waals surface area contributed by atoms with E-state index in [1.54, 1.807) is 37.3 Å². The van der Waals surface area contributed by atoms with Crippen molar-refractivity contribution in [3.05, 3.63) is 53.6 Å². The molecule has 0 aliphatic carbocycles. The lowest BCUT2D eigenvalue weighted by Gasteiger charge is -2.15. The average Bonchev–Trinajstić information content (AvgIpc) is 2.45. The highest BCUT2D eigenvalue weighted by Crippen LogP contribution is 2.30. The van der Waals surface area contributed by atoms with Gasteiger partial charge in [0, 0.05) is 23.0 Å². The van der Waals surface area contributed by atoms with Crippen LogP contribution in [0.2, 0.25) is 0 Å². The fourth-order valence-electron chi connectivity index (χ4n) is 1.98. The molecule has 0 N–H and O–H groups in total. The third kappa shape index (κ3) is 3.52. The minimum Gasteiger partial charge on any atom is -0.606 e. The molecule has 0 radical (unpaired) electrons. The van der Waals surface area contributed by atoms with Crippen LogP contribution in [0.15, 0.2) is 57.2 Å². The maximum Gasteiger partial charge on any atom is 0.252 e. The summed E-state index contributed by atoms with van der Waals surface area (Å²) in [7, 11) is -3.66. The van der Waals surface area contributed by atoms with Crippen LogP contribution in [0.1, 0.15) is 15.9 Å². The minimum atomic E-state index is -3.66. The van der Waals surface area contributed by atoms with Gasteiger partial charge in [-0.15, -0.1) is 0 Å². The van der Waals surface area contributed by atoms with Crippen LogP contribution in [-0.4, -0.2) is 24.5 Å². The summed E-state index contributed by atoms with van der Waals surface area (Å²) >= 11 is 3.80. The van der Waals surface area contributed by atoms with E-state index in [1.807, 2.05) is 0 Å². The summed E-state index contributed by atoms with van der Waals surface area (Å²) in [5.74, 6) is 0. The van der Waals surface area contributed by atoms with Gasteiger partial charge < -0.3 is 4.55 Å². The summed E-state index contributed by atoms with van der Waals surface area (Å²) in [6.45, 7) is 1.62. The van der Waals surface area contributed by atoms with Crippen LogP contribution >= 0.6 is 11.6 Å². The maximum atomic E-state index is 12.7. The molecule has 2 rings (SSSR count). The van der Waals surface area contributed by atoms with E-state index in [-0.39, 0.29) is 15.4 Å².